The number of hydrogen-bond acceptors (Lipinski definition) is 2. The molecule has 0 radical (unpaired) electrons. The van der Waals surface area contributed by atoms with Crippen molar-refractivity contribution in [3.8, 4) is 0 Å². The SMILES string of the molecule is O=C1CN(C2CCCC2)C(=O)N1C1CCC1. The molecule has 2 saturated carbocycles. The first kappa shape index (κ1) is 10.1. The third-order valence-electron chi connectivity index (χ3n) is 4.23. The molecule has 0 aromatic carbocycles. The zero-order valence-corrected chi connectivity index (χ0v) is 9.52. The number of nitrogens with zero attached hydrogens (tertiary/aromatic N) is 2. The van der Waals surface area contributed by atoms with Crippen molar-refractivity contribution in [3.63, 3.8) is 0 Å². The molecule has 1 heterocycles. The van der Waals surface area contributed by atoms with E-state index in [0.717, 1.165) is 32.1 Å². The van der Waals surface area contributed by atoms with Crippen LogP contribution in [0.2, 0.25) is 0 Å². The fourth-order valence-corrected chi connectivity index (χ4v) is 3.04. The smallest absolute Gasteiger partial charge is 0.312 e. The summed E-state index contributed by atoms with van der Waals surface area (Å²) in [4.78, 5) is 27.4. The maximum absolute atomic E-state index is 12.2. The lowest BCUT2D eigenvalue weighted by atomic mass is 9.92. The number of carbonyl (C=O) groups is 2. The van der Waals surface area contributed by atoms with E-state index in [1.54, 1.807) is 0 Å². The van der Waals surface area contributed by atoms with Gasteiger partial charge in [-0.1, -0.05) is 12.8 Å². The van der Waals surface area contributed by atoms with Gasteiger partial charge in [-0.3, -0.25) is 9.69 Å². The van der Waals surface area contributed by atoms with Crippen LogP contribution in [0.25, 0.3) is 0 Å². The lowest BCUT2D eigenvalue weighted by molar-refractivity contribution is -0.128. The molecular formula is C12H18N2O2. The van der Waals surface area contributed by atoms with E-state index in [0.29, 0.717) is 12.6 Å². The summed E-state index contributed by atoms with van der Waals surface area (Å²) in [5.41, 5.74) is 0. The summed E-state index contributed by atoms with van der Waals surface area (Å²) in [6.45, 7) is 0.333. The molecule has 4 nitrogen and oxygen atoms in total. The molecule has 0 aromatic heterocycles. The summed E-state index contributed by atoms with van der Waals surface area (Å²) in [6, 6.07) is 0.537. The van der Waals surface area contributed by atoms with Crippen LogP contribution in [0.5, 0.6) is 0 Å². The van der Waals surface area contributed by atoms with Gasteiger partial charge < -0.3 is 4.90 Å². The average Bonchev–Trinajstić information content (AvgIpc) is 2.78. The molecule has 0 unspecified atom stereocenters. The minimum atomic E-state index is -0.0124. The first-order valence-corrected chi connectivity index (χ1v) is 6.40. The lowest BCUT2D eigenvalue weighted by Gasteiger charge is -2.33. The Kier molecular flexibility index (Phi) is 2.37. The molecule has 0 aromatic rings. The van der Waals surface area contributed by atoms with Gasteiger partial charge in [0.25, 0.3) is 5.91 Å². The highest BCUT2D eigenvalue weighted by atomic mass is 16.2. The van der Waals surface area contributed by atoms with E-state index in [4.69, 9.17) is 0 Å². The summed E-state index contributed by atoms with van der Waals surface area (Å²) >= 11 is 0. The Labute approximate surface area is 95.6 Å². The second-order valence-electron chi connectivity index (χ2n) is 5.20. The minimum Gasteiger partial charge on any atom is -0.312 e. The molecule has 0 bridgehead atoms. The maximum atomic E-state index is 12.2. The molecule has 3 rings (SSSR count). The third kappa shape index (κ3) is 1.43. The number of rotatable bonds is 2. The van der Waals surface area contributed by atoms with Gasteiger partial charge in [-0.05, 0) is 32.1 Å². The first-order chi connectivity index (χ1) is 7.77. The summed E-state index contributed by atoms with van der Waals surface area (Å²) in [6.07, 6.45) is 7.74. The molecule has 1 saturated heterocycles. The molecule has 0 spiro atoms. The van der Waals surface area contributed by atoms with Gasteiger partial charge in [0.1, 0.15) is 6.54 Å². The molecule has 4 heteroatoms. The van der Waals surface area contributed by atoms with Crippen LogP contribution in [-0.2, 0) is 4.79 Å². The average molecular weight is 222 g/mol. The fraction of sp³-hybridized carbons (Fsp3) is 0.833. The van der Waals surface area contributed by atoms with Crippen LogP contribution in [0.15, 0.2) is 0 Å². The Morgan fingerprint density at radius 2 is 1.50 bits per heavy atom. The predicted octanol–water partition coefficient (Wildman–Crippen LogP) is 1.75. The van der Waals surface area contributed by atoms with Crippen LogP contribution in [0, 0.1) is 0 Å². The van der Waals surface area contributed by atoms with Crippen molar-refractivity contribution in [2.75, 3.05) is 6.54 Å². The number of amides is 3. The Balaban J connectivity index is 1.73. The summed E-state index contributed by atoms with van der Waals surface area (Å²) < 4.78 is 0. The van der Waals surface area contributed by atoms with Crippen LogP contribution >= 0.6 is 0 Å². The summed E-state index contributed by atoms with van der Waals surface area (Å²) in [5, 5.41) is 0. The predicted molar refractivity (Wildman–Crippen MR) is 58.8 cm³/mol. The van der Waals surface area contributed by atoms with Gasteiger partial charge in [-0.2, -0.15) is 0 Å². The Bertz CT molecular complexity index is 319. The monoisotopic (exact) mass is 222 g/mol. The van der Waals surface area contributed by atoms with E-state index in [1.165, 1.54) is 17.7 Å². The second kappa shape index (κ2) is 3.75. The van der Waals surface area contributed by atoms with E-state index >= 15 is 0 Å². The van der Waals surface area contributed by atoms with Crippen molar-refractivity contribution in [1.82, 2.24) is 9.80 Å². The highest BCUT2D eigenvalue weighted by Gasteiger charge is 2.44. The van der Waals surface area contributed by atoms with E-state index in [2.05, 4.69) is 0 Å². The Hall–Kier alpha value is -1.06. The van der Waals surface area contributed by atoms with Crippen LogP contribution in [0.1, 0.15) is 44.9 Å². The largest absolute Gasteiger partial charge is 0.327 e. The van der Waals surface area contributed by atoms with Crippen molar-refractivity contribution in [2.45, 2.75) is 57.0 Å². The molecule has 0 atom stereocenters. The third-order valence-corrected chi connectivity index (χ3v) is 4.23. The van der Waals surface area contributed by atoms with Crippen molar-refractivity contribution < 1.29 is 9.59 Å². The Morgan fingerprint density at radius 1 is 0.875 bits per heavy atom. The van der Waals surface area contributed by atoms with Crippen LogP contribution in [0.3, 0.4) is 0 Å². The number of carbonyl (C=O) groups excluding carboxylic acids is 2. The van der Waals surface area contributed by atoms with E-state index in [1.807, 2.05) is 4.90 Å². The van der Waals surface area contributed by atoms with Crippen LogP contribution in [0.4, 0.5) is 4.79 Å². The van der Waals surface area contributed by atoms with Gasteiger partial charge in [-0.15, -0.1) is 0 Å². The van der Waals surface area contributed by atoms with Crippen molar-refractivity contribution in [3.05, 3.63) is 0 Å². The number of imide groups is 1. The molecule has 3 amide bonds. The maximum Gasteiger partial charge on any atom is 0.327 e. The first-order valence-electron chi connectivity index (χ1n) is 6.40. The summed E-state index contributed by atoms with van der Waals surface area (Å²) in [5.74, 6) is 0.0293. The highest BCUT2D eigenvalue weighted by molar-refractivity contribution is 6.02. The van der Waals surface area contributed by atoms with Crippen LogP contribution < -0.4 is 0 Å². The molecule has 88 valence electrons. The van der Waals surface area contributed by atoms with Gasteiger partial charge in [0.05, 0.1) is 0 Å². The topological polar surface area (TPSA) is 40.6 Å². The Morgan fingerprint density at radius 3 is 2.06 bits per heavy atom. The van der Waals surface area contributed by atoms with Crippen molar-refractivity contribution in [1.29, 1.82) is 0 Å². The molecule has 16 heavy (non-hydrogen) atoms. The van der Waals surface area contributed by atoms with Crippen molar-refractivity contribution in [2.24, 2.45) is 0 Å². The molecule has 3 fully saturated rings. The van der Waals surface area contributed by atoms with Gasteiger partial charge >= 0.3 is 6.03 Å². The number of hydrogen-bond donors (Lipinski definition) is 0. The van der Waals surface area contributed by atoms with Gasteiger partial charge in [0.2, 0.25) is 0 Å². The quantitative estimate of drug-likeness (QED) is 0.668. The zero-order chi connectivity index (χ0) is 11.1. The number of urea groups is 1. The standard InChI is InChI=1S/C12H18N2O2/c15-11-8-13(9-4-1-2-5-9)12(16)14(11)10-6-3-7-10/h9-10H,1-8H2. The second-order valence-corrected chi connectivity index (χ2v) is 5.20. The highest BCUT2D eigenvalue weighted by Crippen LogP contribution is 2.32. The van der Waals surface area contributed by atoms with E-state index < -0.39 is 0 Å². The summed E-state index contributed by atoms with van der Waals surface area (Å²) in [7, 11) is 0. The van der Waals surface area contributed by atoms with Crippen molar-refractivity contribution >= 4 is 11.9 Å². The zero-order valence-electron chi connectivity index (χ0n) is 9.52. The van der Waals surface area contributed by atoms with E-state index in [9.17, 15) is 9.59 Å². The van der Waals surface area contributed by atoms with Crippen LogP contribution in [-0.4, -0.2) is 40.4 Å². The molecule has 2 aliphatic carbocycles. The van der Waals surface area contributed by atoms with Gasteiger partial charge in [0.15, 0.2) is 0 Å². The minimum absolute atomic E-state index is 0.0124. The van der Waals surface area contributed by atoms with E-state index in [-0.39, 0.29) is 18.0 Å². The normalized spacial score (nSPS) is 28.0. The van der Waals surface area contributed by atoms with Gasteiger partial charge in [0, 0.05) is 12.1 Å². The lowest BCUT2D eigenvalue weighted by Crippen LogP contribution is -2.46. The fourth-order valence-electron chi connectivity index (χ4n) is 3.04. The molecule has 3 aliphatic rings. The molecule has 0 N–H and O–H groups in total. The molecular weight excluding hydrogens is 204 g/mol. The molecule has 1 aliphatic heterocycles. The van der Waals surface area contributed by atoms with Gasteiger partial charge in [-0.25, -0.2) is 4.79 Å².